The predicted molar refractivity (Wildman–Crippen MR) is 57.3 cm³/mol. The number of hydrogen-bond donors (Lipinski definition) is 1. The number of nitrogens with zero attached hydrogens (tertiary/aromatic N) is 1. The first-order valence-corrected chi connectivity index (χ1v) is 4.53. The molecule has 14 heavy (non-hydrogen) atoms. The first kappa shape index (κ1) is 10.7. The van der Waals surface area contributed by atoms with Gasteiger partial charge in [-0.25, -0.2) is 0 Å². The number of hydrogen-bond acceptors (Lipinski definition) is 2. The number of allylic oxidation sites excluding steroid dienone is 1. The van der Waals surface area contributed by atoms with E-state index in [2.05, 4.69) is 10.3 Å². The molecule has 0 bridgehead atoms. The van der Waals surface area contributed by atoms with Gasteiger partial charge in [0, 0.05) is 12.3 Å². The molecular formula is C10H11ClN2O. The van der Waals surface area contributed by atoms with Crippen LogP contribution in [0.15, 0.2) is 30.1 Å². The third-order valence-corrected chi connectivity index (χ3v) is 1.78. The van der Waals surface area contributed by atoms with Crippen molar-refractivity contribution in [1.82, 2.24) is 4.98 Å². The molecule has 0 aromatic carbocycles. The van der Waals surface area contributed by atoms with Crippen molar-refractivity contribution in [2.45, 2.75) is 13.8 Å². The van der Waals surface area contributed by atoms with E-state index in [9.17, 15) is 4.79 Å². The summed E-state index contributed by atoms with van der Waals surface area (Å²) in [5.74, 6) is -0.195. The zero-order chi connectivity index (χ0) is 10.6. The second kappa shape index (κ2) is 4.77. The molecule has 0 atom stereocenters. The van der Waals surface area contributed by atoms with Crippen molar-refractivity contribution in [2.75, 3.05) is 5.32 Å². The quantitative estimate of drug-likeness (QED) is 0.763. The highest BCUT2D eigenvalue weighted by Crippen LogP contribution is 2.18. The molecule has 0 aliphatic carbocycles. The Morgan fingerprint density at radius 2 is 2.29 bits per heavy atom. The molecule has 1 aromatic rings. The maximum absolute atomic E-state index is 11.3. The number of rotatable bonds is 2. The number of carbonyl (C=O) groups excluding carboxylic acids is 1. The van der Waals surface area contributed by atoms with Crippen LogP contribution >= 0.6 is 11.6 Å². The molecule has 0 spiro atoms. The molecule has 1 N–H and O–H groups in total. The van der Waals surface area contributed by atoms with E-state index >= 15 is 0 Å². The summed E-state index contributed by atoms with van der Waals surface area (Å²) in [5, 5.41) is 3.11. The molecule has 0 saturated heterocycles. The minimum atomic E-state index is -0.195. The monoisotopic (exact) mass is 210 g/mol. The van der Waals surface area contributed by atoms with Crippen LogP contribution in [-0.4, -0.2) is 10.9 Å². The highest BCUT2D eigenvalue weighted by atomic mass is 35.5. The highest BCUT2D eigenvalue weighted by Gasteiger charge is 2.02. The van der Waals surface area contributed by atoms with E-state index < -0.39 is 0 Å². The molecule has 0 saturated carbocycles. The van der Waals surface area contributed by atoms with Crippen LogP contribution in [0.1, 0.15) is 13.8 Å². The van der Waals surface area contributed by atoms with Crippen LogP contribution in [0.3, 0.4) is 0 Å². The lowest BCUT2D eigenvalue weighted by molar-refractivity contribution is -0.111. The van der Waals surface area contributed by atoms with Gasteiger partial charge in [0.2, 0.25) is 5.91 Å². The van der Waals surface area contributed by atoms with Gasteiger partial charge in [-0.3, -0.25) is 9.78 Å². The fourth-order valence-corrected chi connectivity index (χ4v) is 1.05. The minimum absolute atomic E-state index is 0.195. The van der Waals surface area contributed by atoms with Gasteiger partial charge < -0.3 is 5.32 Å². The van der Waals surface area contributed by atoms with Crippen molar-refractivity contribution in [3.05, 3.63) is 35.1 Å². The average molecular weight is 211 g/mol. The second-order valence-electron chi connectivity index (χ2n) is 3.07. The van der Waals surface area contributed by atoms with Gasteiger partial charge in [-0.15, -0.1) is 0 Å². The molecule has 1 rings (SSSR count). The van der Waals surface area contributed by atoms with E-state index in [1.165, 1.54) is 12.3 Å². The van der Waals surface area contributed by atoms with Gasteiger partial charge >= 0.3 is 0 Å². The van der Waals surface area contributed by atoms with Crippen molar-refractivity contribution in [3.8, 4) is 0 Å². The number of anilines is 1. The van der Waals surface area contributed by atoms with Gasteiger partial charge in [0.15, 0.2) is 0 Å². The maximum Gasteiger partial charge on any atom is 0.248 e. The van der Waals surface area contributed by atoms with E-state index in [0.29, 0.717) is 10.7 Å². The molecule has 1 aromatic heterocycles. The van der Waals surface area contributed by atoms with Crippen LogP contribution < -0.4 is 5.32 Å². The lowest BCUT2D eigenvalue weighted by Crippen LogP contribution is -2.08. The zero-order valence-electron chi connectivity index (χ0n) is 8.04. The summed E-state index contributed by atoms with van der Waals surface area (Å²) in [6, 6.07) is 1.62. The molecule has 0 aliphatic heterocycles. The van der Waals surface area contributed by atoms with Gasteiger partial charge in [-0.2, -0.15) is 0 Å². The Morgan fingerprint density at radius 1 is 1.57 bits per heavy atom. The summed E-state index contributed by atoms with van der Waals surface area (Å²) < 4.78 is 0. The fourth-order valence-electron chi connectivity index (χ4n) is 0.900. The summed E-state index contributed by atoms with van der Waals surface area (Å²) in [4.78, 5) is 15.2. The molecule has 0 aliphatic rings. The maximum atomic E-state index is 11.3. The second-order valence-corrected chi connectivity index (χ2v) is 3.47. The van der Waals surface area contributed by atoms with E-state index in [-0.39, 0.29) is 5.91 Å². The number of halogens is 1. The van der Waals surface area contributed by atoms with E-state index in [4.69, 9.17) is 11.6 Å². The number of carbonyl (C=O) groups is 1. The van der Waals surface area contributed by atoms with Crippen LogP contribution in [0.4, 0.5) is 5.69 Å². The summed E-state index contributed by atoms with van der Waals surface area (Å²) in [6.45, 7) is 3.70. The Kier molecular flexibility index (Phi) is 3.65. The Balaban J connectivity index is 2.75. The lowest BCUT2D eigenvalue weighted by atomic mass is 10.3. The normalized spacial score (nSPS) is 9.36. The third-order valence-electron chi connectivity index (χ3n) is 1.45. The summed E-state index contributed by atoms with van der Waals surface area (Å²) in [5.41, 5.74) is 1.46. The van der Waals surface area contributed by atoms with E-state index in [0.717, 1.165) is 5.57 Å². The fraction of sp³-hybridized carbons (Fsp3) is 0.200. The molecule has 0 fully saturated rings. The molecule has 0 radical (unpaired) electrons. The standard InChI is InChI=1S/C10H11ClN2O/c1-7(2)5-10(14)13-9-6-12-4-3-8(9)11/h3-6H,1-2H3,(H,13,14). The SMILES string of the molecule is CC(C)=CC(=O)Nc1cnccc1Cl. The van der Waals surface area contributed by atoms with Crippen molar-refractivity contribution in [2.24, 2.45) is 0 Å². The van der Waals surface area contributed by atoms with Crippen LogP contribution in [0, 0.1) is 0 Å². The van der Waals surface area contributed by atoms with Crippen LogP contribution in [-0.2, 0) is 4.79 Å². The summed E-state index contributed by atoms with van der Waals surface area (Å²) in [6.07, 6.45) is 4.58. The highest BCUT2D eigenvalue weighted by molar-refractivity contribution is 6.33. The Hall–Kier alpha value is -1.35. The van der Waals surface area contributed by atoms with Crippen molar-refractivity contribution in [1.29, 1.82) is 0 Å². The smallest absolute Gasteiger partial charge is 0.248 e. The Labute approximate surface area is 87.8 Å². The van der Waals surface area contributed by atoms with Gasteiger partial charge in [0.25, 0.3) is 0 Å². The molecule has 4 heteroatoms. The average Bonchev–Trinajstić information content (AvgIpc) is 2.07. The Bertz CT molecular complexity index is 370. The van der Waals surface area contributed by atoms with E-state index in [1.807, 2.05) is 13.8 Å². The van der Waals surface area contributed by atoms with Crippen molar-refractivity contribution in [3.63, 3.8) is 0 Å². The van der Waals surface area contributed by atoms with Crippen molar-refractivity contribution >= 4 is 23.2 Å². The predicted octanol–water partition coefficient (Wildman–Crippen LogP) is 2.64. The van der Waals surface area contributed by atoms with Crippen LogP contribution in [0.2, 0.25) is 5.02 Å². The summed E-state index contributed by atoms with van der Waals surface area (Å²) >= 11 is 5.83. The first-order chi connectivity index (χ1) is 6.59. The summed E-state index contributed by atoms with van der Waals surface area (Å²) in [7, 11) is 0. The first-order valence-electron chi connectivity index (χ1n) is 4.15. The van der Waals surface area contributed by atoms with E-state index in [1.54, 1.807) is 12.3 Å². The number of aromatic nitrogens is 1. The van der Waals surface area contributed by atoms with Crippen LogP contribution in [0.25, 0.3) is 0 Å². The lowest BCUT2D eigenvalue weighted by Gasteiger charge is -2.03. The number of nitrogens with one attached hydrogen (secondary N) is 1. The molecule has 1 heterocycles. The molecular weight excluding hydrogens is 200 g/mol. The largest absolute Gasteiger partial charge is 0.320 e. The van der Waals surface area contributed by atoms with Gasteiger partial charge in [-0.05, 0) is 19.9 Å². The molecule has 0 unspecified atom stereocenters. The molecule has 74 valence electrons. The Morgan fingerprint density at radius 3 is 2.86 bits per heavy atom. The molecule has 3 nitrogen and oxygen atoms in total. The number of pyridine rings is 1. The van der Waals surface area contributed by atoms with Crippen molar-refractivity contribution < 1.29 is 4.79 Å². The molecule has 1 amide bonds. The minimum Gasteiger partial charge on any atom is -0.320 e. The van der Waals surface area contributed by atoms with Gasteiger partial charge in [-0.1, -0.05) is 17.2 Å². The number of amides is 1. The zero-order valence-corrected chi connectivity index (χ0v) is 8.80. The topological polar surface area (TPSA) is 42.0 Å². The van der Waals surface area contributed by atoms with Gasteiger partial charge in [0.05, 0.1) is 16.9 Å². The van der Waals surface area contributed by atoms with Gasteiger partial charge in [0.1, 0.15) is 0 Å². The third kappa shape index (κ3) is 3.18. The van der Waals surface area contributed by atoms with Crippen LogP contribution in [0.5, 0.6) is 0 Å².